The number of ether oxygens (including phenoxy) is 2. The van der Waals surface area contributed by atoms with Crippen molar-refractivity contribution in [1.82, 2.24) is 0 Å². The maximum absolute atomic E-state index is 12.7. The number of nitriles is 2. The Labute approximate surface area is 162 Å². The zero-order valence-electron chi connectivity index (χ0n) is 15.1. The monoisotopic (exact) mass is 386 g/mol. The number of benzene rings is 1. The number of carbonyl (C=O) groups is 2. The van der Waals surface area contributed by atoms with Crippen molar-refractivity contribution in [1.29, 1.82) is 10.5 Å². The molecule has 0 aliphatic heterocycles. The van der Waals surface area contributed by atoms with Crippen LogP contribution in [0.15, 0.2) is 24.3 Å². The summed E-state index contributed by atoms with van der Waals surface area (Å²) in [7, 11) is 0. The van der Waals surface area contributed by atoms with E-state index < -0.39 is 34.1 Å². The number of esters is 2. The van der Waals surface area contributed by atoms with Crippen LogP contribution in [0.1, 0.15) is 38.2 Å². The lowest BCUT2D eigenvalue weighted by Crippen LogP contribution is -2.54. The Morgan fingerprint density at radius 2 is 1.63 bits per heavy atom. The Bertz CT molecular complexity index is 835. The molecule has 7 heteroatoms. The molecule has 0 unspecified atom stereocenters. The average molecular weight is 387 g/mol. The summed E-state index contributed by atoms with van der Waals surface area (Å²) in [6.07, 6.45) is 0.441. The maximum atomic E-state index is 12.7. The number of hydrogen-bond donors (Lipinski definition) is 0. The molecule has 0 N–H and O–H groups in total. The van der Waals surface area contributed by atoms with E-state index in [0.717, 1.165) is 5.56 Å². The molecular weight excluding hydrogens is 368 g/mol. The predicted octanol–water partition coefficient (Wildman–Crippen LogP) is 3.36. The minimum atomic E-state index is -1.59. The topological polar surface area (TPSA) is 100 Å². The van der Waals surface area contributed by atoms with Crippen LogP contribution in [0, 0.1) is 38.9 Å². The highest BCUT2D eigenvalue weighted by molar-refractivity contribution is 6.30. The number of carbonyl (C=O) groups excluding carboxylic acids is 2. The van der Waals surface area contributed by atoms with E-state index in [2.05, 4.69) is 12.1 Å². The van der Waals surface area contributed by atoms with E-state index in [9.17, 15) is 20.1 Å². The van der Waals surface area contributed by atoms with E-state index in [1.165, 1.54) is 0 Å². The summed E-state index contributed by atoms with van der Waals surface area (Å²) in [6, 6.07) is 11.2. The van der Waals surface area contributed by atoms with Gasteiger partial charge in [0.1, 0.15) is 0 Å². The Balaban J connectivity index is 2.04. The normalized spacial score (nSPS) is 26.2. The molecule has 0 bridgehead atoms. The Kier molecular flexibility index (Phi) is 4.66. The standard InChI is InChI=1S/C20H19ClN2O4/c1-3-26-16(24)20(17(25)27-4-2)10-19(20)9-15(18(19,11-22)12-23)13-5-7-14(21)8-6-13/h5-8,15H,3-4,9-10H2,1-2H3/t15-,19+/m0/s1. The highest BCUT2D eigenvalue weighted by Crippen LogP contribution is 2.85. The van der Waals surface area contributed by atoms with Crippen LogP contribution < -0.4 is 0 Å². The second-order valence-electron chi connectivity index (χ2n) is 6.95. The summed E-state index contributed by atoms with van der Waals surface area (Å²) in [5.74, 6) is -1.85. The van der Waals surface area contributed by atoms with Gasteiger partial charge in [-0.2, -0.15) is 10.5 Å². The Morgan fingerprint density at radius 3 is 2.07 bits per heavy atom. The van der Waals surface area contributed by atoms with Gasteiger partial charge < -0.3 is 9.47 Å². The van der Waals surface area contributed by atoms with E-state index in [1.807, 2.05) is 0 Å². The van der Waals surface area contributed by atoms with Gasteiger partial charge in [0.15, 0.2) is 10.8 Å². The SMILES string of the molecule is CCOC(=O)C1(C(=O)OCC)C[C@@]12C[C@@H](c1ccc(Cl)cc1)C2(C#N)C#N. The van der Waals surface area contributed by atoms with Crippen LogP contribution in [0.2, 0.25) is 5.02 Å². The molecule has 2 saturated carbocycles. The van der Waals surface area contributed by atoms with Gasteiger partial charge >= 0.3 is 11.9 Å². The molecule has 1 aromatic rings. The van der Waals surface area contributed by atoms with Gasteiger partial charge in [-0.1, -0.05) is 23.7 Å². The van der Waals surface area contributed by atoms with Gasteiger partial charge in [0, 0.05) is 16.4 Å². The van der Waals surface area contributed by atoms with Gasteiger partial charge in [-0.25, -0.2) is 0 Å². The third kappa shape index (κ3) is 2.30. The molecule has 0 aromatic heterocycles. The second-order valence-corrected chi connectivity index (χ2v) is 7.38. The maximum Gasteiger partial charge on any atom is 0.324 e. The molecule has 3 rings (SSSR count). The molecule has 6 nitrogen and oxygen atoms in total. The van der Waals surface area contributed by atoms with Crippen molar-refractivity contribution >= 4 is 23.5 Å². The van der Waals surface area contributed by atoms with Crippen molar-refractivity contribution in [2.24, 2.45) is 16.2 Å². The van der Waals surface area contributed by atoms with E-state index >= 15 is 0 Å². The molecule has 2 aliphatic carbocycles. The van der Waals surface area contributed by atoms with Crippen LogP contribution in [0.3, 0.4) is 0 Å². The first-order chi connectivity index (χ1) is 12.9. The van der Waals surface area contributed by atoms with Crippen LogP contribution in [-0.4, -0.2) is 25.2 Å². The number of rotatable bonds is 5. The first kappa shape index (κ1) is 19.2. The fourth-order valence-corrected chi connectivity index (χ4v) is 4.71. The summed E-state index contributed by atoms with van der Waals surface area (Å²) in [6.45, 7) is 3.49. The lowest BCUT2D eigenvalue weighted by molar-refractivity contribution is -0.170. The van der Waals surface area contributed by atoms with Gasteiger partial charge in [-0.15, -0.1) is 0 Å². The van der Waals surface area contributed by atoms with Gasteiger partial charge in [0.25, 0.3) is 0 Å². The number of halogens is 1. The minimum absolute atomic E-state index is 0.0862. The third-order valence-corrected chi connectivity index (χ3v) is 6.21. The zero-order chi connectivity index (χ0) is 19.9. The van der Waals surface area contributed by atoms with Crippen molar-refractivity contribution in [2.75, 3.05) is 13.2 Å². The molecule has 2 fully saturated rings. The van der Waals surface area contributed by atoms with E-state index in [4.69, 9.17) is 21.1 Å². The molecule has 0 amide bonds. The average Bonchev–Trinajstić information content (AvgIpc) is 3.36. The largest absolute Gasteiger partial charge is 0.465 e. The molecule has 0 saturated heterocycles. The van der Waals surface area contributed by atoms with Crippen LogP contribution in [-0.2, 0) is 19.1 Å². The zero-order valence-corrected chi connectivity index (χ0v) is 15.9. The molecule has 1 spiro atoms. The quantitative estimate of drug-likeness (QED) is 0.568. The lowest BCUT2D eigenvalue weighted by atomic mass is 9.47. The van der Waals surface area contributed by atoms with E-state index in [-0.39, 0.29) is 19.6 Å². The third-order valence-electron chi connectivity index (χ3n) is 5.96. The lowest BCUT2D eigenvalue weighted by Gasteiger charge is -2.50. The van der Waals surface area contributed by atoms with Gasteiger partial charge in [-0.3, -0.25) is 9.59 Å². The fourth-order valence-electron chi connectivity index (χ4n) is 4.58. The van der Waals surface area contributed by atoms with Crippen molar-refractivity contribution in [2.45, 2.75) is 32.6 Å². The van der Waals surface area contributed by atoms with Gasteiger partial charge in [-0.05, 0) is 44.4 Å². The summed E-state index contributed by atoms with van der Waals surface area (Å²) < 4.78 is 10.3. The molecule has 0 radical (unpaired) electrons. The van der Waals surface area contributed by atoms with E-state index in [0.29, 0.717) is 11.4 Å². The summed E-state index contributed by atoms with van der Waals surface area (Å²) in [5, 5.41) is 20.4. The highest BCUT2D eigenvalue weighted by atomic mass is 35.5. The van der Waals surface area contributed by atoms with Gasteiger partial charge in [0.2, 0.25) is 0 Å². The fraction of sp³-hybridized carbons (Fsp3) is 0.500. The van der Waals surface area contributed by atoms with Crippen molar-refractivity contribution < 1.29 is 19.1 Å². The van der Waals surface area contributed by atoms with Crippen molar-refractivity contribution in [3.8, 4) is 12.1 Å². The molecule has 1 aromatic carbocycles. The second kappa shape index (κ2) is 6.55. The van der Waals surface area contributed by atoms with Crippen molar-refractivity contribution in [3.63, 3.8) is 0 Å². The first-order valence-electron chi connectivity index (χ1n) is 8.81. The highest BCUT2D eigenvalue weighted by Gasteiger charge is 2.91. The van der Waals surface area contributed by atoms with Crippen LogP contribution in [0.5, 0.6) is 0 Å². The summed E-state index contributed by atoms with van der Waals surface area (Å²) in [4.78, 5) is 25.4. The molecule has 2 atom stereocenters. The Morgan fingerprint density at radius 1 is 1.11 bits per heavy atom. The van der Waals surface area contributed by atoms with Crippen LogP contribution in [0.25, 0.3) is 0 Å². The molecule has 140 valence electrons. The van der Waals surface area contributed by atoms with Gasteiger partial charge in [0.05, 0.1) is 25.4 Å². The minimum Gasteiger partial charge on any atom is -0.465 e. The number of hydrogen-bond acceptors (Lipinski definition) is 6. The molecule has 2 aliphatic rings. The smallest absolute Gasteiger partial charge is 0.324 e. The van der Waals surface area contributed by atoms with Crippen LogP contribution >= 0.6 is 11.6 Å². The van der Waals surface area contributed by atoms with E-state index in [1.54, 1.807) is 38.1 Å². The molecule has 0 heterocycles. The van der Waals surface area contributed by atoms with Crippen molar-refractivity contribution in [3.05, 3.63) is 34.9 Å². The number of nitrogens with zero attached hydrogens (tertiary/aromatic N) is 2. The first-order valence-corrected chi connectivity index (χ1v) is 9.19. The summed E-state index contributed by atoms with van der Waals surface area (Å²) >= 11 is 5.93. The van der Waals surface area contributed by atoms with Crippen LogP contribution in [0.4, 0.5) is 0 Å². The summed E-state index contributed by atoms with van der Waals surface area (Å²) in [5.41, 5.74) is -3.42. The molecular formula is C20H19ClN2O4. The Hall–Kier alpha value is -2.57. The predicted molar refractivity (Wildman–Crippen MR) is 95.2 cm³/mol. The molecule has 27 heavy (non-hydrogen) atoms.